The molecule has 0 bridgehead atoms. The van der Waals surface area contributed by atoms with Gasteiger partial charge in [0.2, 0.25) is 5.13 Å². The second-order valence-corrected chi connectivity index (χ2v) is 4.90. The van der Waals surface area contributed by atoms with Gasteiger partial charge >= 0.3 is 0 Å². The molecular weight excluding hydrogens is 248 g/mol. The van der Waals surface area contributed by atoms with Crippen LogP contribution < -0.4 is 5.73 Å². The maximum atomic E-state index is 5.64. The second kappa shape index (κ2) is 4.19. The Hall–Kier alpha value is -2.28. The normalized spacial score (nSPS) is 10.7. The highest BCUT2D eigenvalue weighted by Gasteiger charge is 2.08. The summed E-state index contributed by atoms with van der Waals surface area (Å²) in [6.45, 7) is 1.90. The number of hydrogen-bond donors (Lipinski definition) is 1. The first-order valence-electron chi connectivity index (χ1n) is 5.30. The summed E-state index contributed by atoms with van der Waals surface area (Å²) in [7, 11) is 0. The van der Waals surface area contributed by atoms with Gasteiger partial charge in [-0.1, -0.05) is 11.3 Å². The lowest BCUT2D eigenvalue weighted by molar-refractivity contribution is 0.844. The average Bonchev–Trinajstić information content (AvgIpc) is 2.98. The maximum Gasteiger partial charge on any atom is 0.234 e. The third-order valence-corrected chi connectivity index (χ3v) is 3.20. The Kier molecular flexibility index (Phi) is 2.52. The van der Waals surface area contributed by atoms with Crippen LogP contribution in [-0.4, -0.2) is 25.0 Å². The van der Waals surface area contributed by atoms with Crippen molar-refractivity contribution in [2.75, 3.05) is 5.73 Å². The van der Waals surface area contributed by atoms with Crippen molar-refractivity contribution in [3.8, 4) is 16.5 Å². The Morgan fingerprint density at radius 3 is 2.61 bits per heavy atom. The number of anilines is 1. The average molecular weight is 258 g/mol. The summed E-state index contributed by atoms with van der Waals surface area (Å²) in [5.41, 5.74) is 7.28. The van der Waals surface area contributed by atoms with E-state index >= 15 is 0 Å². The molecule has 0 fully saturated rings. The lowest BCUT2D eigenvalue weighted by atomic mass is 10.2. The summed E-state index contributed by atoms with van der Waals surface area (Å²) in [5.74, 6) is 0.642. The molecule has 2 aromatic heterocycles. The minimum atomic E-state index is 0.642. The first-order chi connectivity index (χ1) is 8.72. The highest BCUT2D eigenvalue weighted by molar-refractivity contribution is 7.13. The molecule has 2 N–H and O–H groups in total. The van der Waals surface area contributed by atoms with Crippen molar-refractivity contribution in [3.05, 3.63) is 35.6 Å². The number of aromatic nitrogens is 5. The van der Waals surface area contributed by atoms with Crippen LogP contribution in [0.5, 0.6) is 0 Å². The van der Waals surface area contributed by atoms with Gasteiger partial charge in [0, 0.05) is 11.3 Å². The zero-order valence-corrected chi connectivity index (χ0v) is 10.4. The molecule has 0 saturated carbocycles. The Morgan fingerprint density at radius 2 is 1.94 bits per heavy atom. The van der Waals surface area contributed by atoms with Crippen LogP contribution in [0.4, 0.5) is 5.69 Å². The topological polar surface area (TPSA) is 82.5 Å². The van der Waals surface area contributed by atoms with Crippen LogP contribution in [0, 0.1) is 6.92 Å². The summed E-state index contributed by atoms with van der Waals surface area (Å²) >= 11 is 1.47. The van der Waals surface area contributed by atoms with Crippen molar-refractivity contribution in [2.24, 2.45) is 0 Å². The Bertz CT molecular complexity index is 669. The van der Waals surface area contributed by atoms with E-state index in [1.54, 1.807) is 11.0 Å². The van der Waals surface area contributed by atoms with Gasteiger partial charge in [0.05, 0.1) is 0 Å². The number of nitrogen functional groups attached to an aromatic ring is 1. The SMILES string of the molecule is Cc1nnc(-n2cnc(-c3ccc(N)cc3)n2)s1. The van der Waals surface area contributed by atoms with E-state index in [1.807, 2.05) is 31.2 Å². The van der Waals surface area contributed by atoms with Crippen molar-refractivity contribution >= 4 is 17.0 Å². The van der Waals surface area contributed by atoms with Crippen LogP contribution in [0.1, 0.15) is 5.01 Å². The molecule has 0 spiro atoms. The van der Waals surface area contributed by atoms with E-state index in [9.17, 15) is 0 Å². The van der Waals surface area contributed by atoms with Gasteiger partial charge in [-0.2, -0.15) is 4.68 Å². The second-order valence-electron chi connectivity index (χ2n) is 3.74. The molecule has 0 amide bonds. The Balaban J connectivity index is 1.96. The molecule has 0 aliphatic carbocycles. The summed E-state index contributed by atoms with van der Waals surface area (Å²) in [4.78, 5) is 4.25. The first kappa shape index (κ1) is 10.8. The van der Waals surface area contributed by atoms with E-state index in [0.717, 1.165) is 16.3 Å². The van der Waals surface area contributed by atoms with E-state index in [0.29, 0.717) is 11.0 Å². The Labute approximate surface area is 107 Å². The number of aryl methyl sites for hydroxylation is 1. The zero-order valence-electron chi connectivity index (χ0n) is 9.61. The quantitative estimate of drug-likeness (QED) is 0.707. The molecule has 3 aromatic rings. The first-order valence-corrected chi connectivity index (χ1v) is 6.12. The lowest BCUT2D eigenvalue weighted by Crippen LogP contribution is -1.94. The fraction of sp³-hybridized carbons (Fsp3) is 0.0909. The molecule has 90 valence electrons. The highest BCUT2D eigenvalue weighted by atomic mass is 32.1. The smallest absolute Gasteiger partial charge is 0.234 e. The number of nitrogens with zero attached hydrogens (tertiary/aromatic N) is 5. The monoisotopic (exact) mass is 258 g/mol. The van der Waals surface area contributed by atoms with Crippen molar-refractivity contribution in [3.63, 3.8) is 0 Å². The summed E-state index contributed by atoms with van der Waals surface area (Å²) in [6.07, 6.45) is 1.63. The predicted molar refractivity (Wildman–Crippen MR) is 69.4 cm³/mol. The molecule has 0 radical (unpaired) electrons. The maximum absolute atomic E-state index is 5.64. The van der Waals surface area contributed by atoms with Gasteiger partial charge in [-0.25, -0.2) is 4.98 Å². The van der Waals surface area contributed by atoms with Gasteiger partial charge < -0.3 is 5.73 Å². The Morgan fingerprint density at radius 1 is 1.17 bits per heavy atom. The predicted octanol–water partition coefficient (Wildman–Crippen LogP) is 1.68. The fourth-order valence-electron chi connectivity index (χ4n) is 1.50. The number of benzene rings is 1. The van der Waals surface area contributed by atoms with Crippen LogP contribution in [0.15, 0.2) is 30.6 Å². The van der Waals surface area contributed by atoms with Crippen LogP contribution in [0.2, 0.25) is 0 Å². The van der Waals surface area contributed by atoms with Gasteiger partial charge in [0.15, 0.2) is 5.82 Å². The third kappa shape index (κ3) is 1.95. The van der Waals surface area contributed by atoms with E-state index in [1.165, 1.54) is 11.3 Å². The number of rotatable bonds is 2. The number of nitrogens with two attached hydrogens (primary N) is 1. The minimum absolute atomic E-state index is 0.642. The van der Waals surface area contributed by atoms with Crippen LogP contribution in [0.25, 0.3) is 16.5 Å². The molecule has 0 aliphatic heterocycles. The van der Waals surface area contributed by atoms with Gasteiger partial charge in [-0.3, -0.25) is 0 Å². The van der Waals surface area contributed by atoms with E-state index in [4.69, 9.17) is 5.73 Å². The fourth-order valence-corrected chi connectivity index (χ4v) is 2.11. The van der Waals surface area contributed by atoms with Crippen molar-refractivity contribution in [1.82, 2.24) is 25.0 Å². The third-order valence-electron chi connectivity index (χ3n) is 2.37. The summed E-state index contributed by atoms with van der Waals surface area (Å²) in [6, 6.07) is 7.43. The lowest BCUT2D eigenvalue weighted by Gasteiger charge is -1.95. The van der Waals surface area contributed by atoms with E-state index in [2.05, 4.69) is 20.3 Å². The van der Waals surface area contributed by atoms with Gasteiger partial charge in [-0.05, 0) is 31.2 Å². The highest BCUT2D eigenvalue weighted by Crippen LogP contribution is 2.18. The van der Waals surface area contributed by atoms with E-state index in [-0.39, 0.29) is 0 Å². The summed E-state index contributed by atoms with van der Waals surface area (Å²) in [5, 5.41) is 13.9. The van der Waals surface area contributed by atoms with Crippen LogP contribution in [-0.2, 0) is 0 Å². The largest absolute Gasteiger partial charge is 0.399 e. The molecule has 18 heavy (non-hydrogen) atoms. The molecule has 0 saturated heterocycles. The molecule has 0 unspecified atom stereocenters. The van der Waals surface area contributed by atoms with Crippen LogP contribution in [0.3, 0.4) is 0 Å². The van der Waals surface area contributed by atoms with Crippen molar-refractivity contribution < 1.29 is 0 Å². The number of hydrogen-bond acceptors (Lipinski definition) is 6. The molecular formula is C11H10N6S. The molecule has 6 nitrogen and oxygen atoms in total. The standard InChI is InChI=1S/C11H10N6S/c1-7-14-15-11(18-7)17-6-13-10(16-17)8-2-4-9(12)5-3-8/h2-6H,12H2,1H3. The van der Waals surface area contributed by atoms with Crippen LogP contribution >= 0.6 is 11.3 Å². The van der Waals surface area contributed by atoms with Gasteiger partial charge in [-0.15, -0.1) is 15.3 Å². The van der Waals surface area contributed by atoms with Crippen molar-refractivity contribution in [1.29, 1.82) is 0 Å². The summed E-state index contributed by atoms with van der Waals surface area (Å²) < 4.78 is 1.62. The molecule has 3 rings (SSSR count). The minimum Gasteiger partial charge on any atom is -0.399 e. The van der Waals surface area contributed by atoms with Gasteiger partial charge in [0.1, 0.15) is 11.3 Å². The van der Waals surface area contributed by atoms with Crippen molar-refractivity contribution in [2.45, 2.75) is 6.92 Å². The van der Waals surface area contributed by atoms with Gasteiger partial charge in [0.25, 0.3) is 0 Å². The molecule has 1 aromatic carbocycles. The molecule has 2 heterocycles. The zero-order chi connectivity index (χ0) is 12.5. The van der Waals surface area contributed by atoms with E-state index < -0.39 is 0 Å². The molecule has 7 heteroatoms. The molecule has 0 atom stereocenters. The molecule has 0 aliphatic rings.